The van der Waals surface area contributed by atoms with E-state index in [9.17, 15) is 9.59 Å². The highest BCUT2D eigenvalue weighted by Crippen LogP contribution is 2.25. The molecule has 1 aromatic carbocycles. The number of carbonyl (C=O) groups is 2. The number of amides is 1. The van der Waals surface area contributed by atoms with Crippen molar-refractivity contribution in [3.8, 4) is 0 Å². The second-order valence-corrected chi connectivity index (χ2v) is 5.43. The van der Waals surface area contributed by atoms with Crippen LogP contribution in [-0.2, 0) is 0 Å². The maximum atomic E-state index is 12.0. The molecule has 0 bridgehead atoms. The SMILES string of the molecule is O=C(O)c1cccc(C(=O)NCCC2CCCCC2)c1. The molecular formula is C16H21NO3. The summed E-state index contributed by atoms with van der Waals surface area (Å²) in [7, 11) is 0. The van der Waals surface area contributed by atoms with Gasteiger partial charge in [0, 0.05) is 12.1 Å². The highest BCUT2D eigenvalue weighted by Gasteiger charge is 2.14. The lowest BCUT2D eigenvalue weighted by molar-refractivity contribution is 0.0697. The van der Waals surface area contributed by atoms with Crippen molar-refractivity contribution in [1.82, 2.24) is 5.32 Å². The second kappa shape index (κ2) is 7.08. The number of hydrogen-bond acceptors (Lipinski definition) is 2. The molecule has 4 nitrogen and oxygen atoms in total. The third kappa shape index (κ3) is 4.08. The van der Waals surface area contributed by atoms with Gasteiger partial charge in [0.15, 0.2) is 0 Å². The molecular weight excluding hydrogens is 254 g/mol. The molecule has 0 spiro atoms. The molecule has 0 aliphatic heterocycles. The molecule has 1 aromatic rings. The molecule has 1 fully saturated rings. The Hall–Kier alpha value is -1.84. The Balaban J connectivity index is 1.82. The first-order valence-corrected chi connectivity index (χ1v) is 7.28. The van der Waals surface area contributed by atoms with Crippen LogP contribution < -0.4 is 5.32 Å². The maximum Gasteiger partial charge on any atom is 0.335 e. The first-order valence-electron chi connectivity index (χ1n) is 7.28. The minimum Gasteiger partial charge on any atom is -0.478 e. The summed E-state index contributed by atoms with van der Waals surface area (Å²) < 4.78 is 0. The molecule has 0 radical (unpaired) electrons. The van der Waals surface area contributed by atoms with Gasteiger partial charge in [-0.1, -0.05) is 38.2 Å². The second-order valence-electron chi connectivity index (χ2n) is 5.43. The zero-order valence-corrected chi connectivity index (χ0v) is 11.6. The van der Waals surface area contributed by atoms with Gasteiger partial charge in [-0.25, -0.2) is 4.79 Å². The Morgan fingerprint density at radius 2 is 1.85 bits per heavy atom. The van der Waals surface area contributed by atoms with Crippen molar-refractivity contribution in [3.05, 3.63) is 35.4 Å². The Labute approximate surface area is 119 Å². The highest BCUT2D eigenvalue weighted by atomic mass is 16.4. The monoisotopic (exact) mass is 275 g/mol. The van der Waals surface area contributed by atoms with Gasteiger partial charge in [-0.15, -0.1) is 0 Å². The maximum absolute atomic E-state index is 12.0. The average molecular weight is 275 g/mol. The number of nitrogens with one attached hydrogen (secondary N) is 1. The van der Waals surface area contributed by atoms with E-state index in [2.05, 4.69) is 5.32 Å². The first kappa shape index (κ1) is 14.6. The van der Waals surface area contributed by atoms with Crippen molar-refractivity contribution in [2.45, 2.75) is 38.5 Å². The highest BCUT2D eigenvalue weighted by molar-refractivity contribution is 5.97. The number of aromatic carboxylic acids is 1. The van der Waals surface area contributed by atoms with Gasteiger partial charge in [0.2, 0.25) is 0 Å². The summed E-state index contributed by atoms with van der Waals surface area (Å²) in [6.07, 6.45) is 7.50. The summed E-state index contributed by atoms with van der Waals surface area (Å²) in [5.41, 5.74) is 0.554. The van der Waals surface area contributed by atoms with E-state index in [0.717, 1.165) is 12.3 Å². The molecule has 20 heavy (non-hydrogen) atoms. The number of carboxylic acids is 1. The number of carboxylic acid groups (broad SMARTS) is 1. The molecule has 0 saturated heterocycles. The summed E-state index contributed by atoms with van der Waals surface area (Å²) >= 11 is 0. The number of hydrogen-bond donors (Lipinski definition) is 2. The van der Waals surface area contributed by atoms with Crippen LogP contribution in [0.2, 0.25) is 0 Å². The molecule has 1 saturated carbocycles. The third-order valence-corrected chi connectivity index (χ3v) is 3.93. The van der Waals surface area contributed by atoms with Crippen LogP contribution >= 0.6 is 0 Å². The van der Waals surface area contributed by atoms with Gasteiger partial charge in [0.05, 0.1) is 5.56 Å². The van der Waals surface area contributed by atoms with Crippen LogP contribution in [-0.4, -0.2) is 23.5 Å². The normalized spacial score (nSPS) is 15.8. The number of rotatable bonds is 5. The van der Waals surface area contributed by atoms with E-state index in [1.165, 1.54) is 44.2 Å². The fourth-order valence-electron chi connectivity index (χ4n) is 2.76. The van der Waals surface area contributed by atoms with E-state index >= 15 is 0 Å². The minimum absolute atomic E-state index is 0.143. The van der Waals surface area contributed by atoms with Crippen LogP contribution in [0.5, 0.6) is 0 Å². The predicted octanol–water partition coefficient (Wildman–Crippen LogP) is 3.09. The predicted molar refractivity (Wildman–Crippen MR) is 76.9 cm³/mol. The van der Waals surface area contributed by atoms with Crippen LogP contribution in [0.25, 0.3) is 0 Å². The molecule has 2 N–H and O–H groups in total. The molecule has 108 valence electrons. The Kier molecular flexibility index (Phi) is 5.16. The van der Waals surface area contributed by atoms with Crippen LogP contribution in [0.3, 0.4) is 0 Å². The summed E-state index contributed by atoms with van der Waals surface area (Å²) in [4.78, 5) is 22.8. The van der Waals surface area contributed by atoms with E-state index in [1.54, 1.807) is 12.1 Å². The quantitative estimate of drug-likeness (QED) is 0.867. The molecule has 1 amide bonds. The van der Waals surface area contributed by atoms with Crippen LogP contribution in [0.1, 0.15) is 59.2 Å². The fraction of sp³-hybridized carbons (Fsp3) is 0.500. The van der Waals surface area contributed by atoms with Crippen LogP contribution in [0, 0.1) is 5.92 Å². The molecule has 0 atom stereocenters. The van der Waals surface area contributed by atoms with Gasteiger partial charge in [-0.05, 0) is 30.5 Å². The van der Waals surface area contributed by atoms with Gasteiger partial charge in [-0.2, -0.15) is 0 Å². The lowest BCUT2D eigenvalue weighted by Crippen LogP contribution is -2.26. The zero-order chi connectivity index (χ0) is 14.4. The van der Waals surface area contributed by atoms with Crippen LogP contribution in [0.15, 0.2) is 24.3 Å². The minimum atomic E-state index is -1.01. The lowest BCUT2D eigenvalue weighted by atomic mass is 9.87. The van der Waals surface area contributed by atoms with Gasteiger partial charge >= 0.3 is 5.97 Å². The molecule has 0 aromatic heterocycles. The van der Waals surface area contributed by atoms with Gasteiger partial charge in [0.1, 0.15) is 0 Å². The topological polar surface area (TPSA) is 66.4 Å². The van der Waals surface area contributed by atoms with Crippen molar-refractivity contribution in [2.24, 2.45) is 5.92 Å². The van der Waals surface area contributed by atoms with Gasteiger partial charge < -0.3 is 10.4 Å². The Morgan fingerprint density at radius 3 is 2.55 bits per heavy atom. The third-order valence-electron chi connectivity index (χ3n) is 3.93. The number of carbonyl (C=O) groups excluding carboxylic acids is 1. The smallest absolute Gasteiger partial charge is 0.335 e. The van der Waals surface area contributed by atoms with E-state index < -0.39 is 5.97 Å². The van der Waals surface area contributed by atoms with E-state index in [1.807, 2.05) is 0 Å². The number of benzene rings is 1. The van der Waals surface area contributed by atoms with Crippen molar-refractivity contribution >= 4 is 11.9 Å². The van der Waals surface area contributed by atoms with Gasteiger partial charge in [0.25, 0.3) is 5.91 Å². The van der Waals surface area contributed by atoms with E-state index in [4.69, 9.17) is 5.11 Å². The first-order chi connectivity index (χ1) is 9.66. The Morgan fingerprint density at radius 1 is 1.15 bits per heavy atom. The summed E-state index contributed by atoms with van der Waals surface area (Å²) in [6, 6.07) is 6.14. The van der Waals surface area contributed by atoms with E-state index in [0.29, 0.717) is 12.1 Å². The summed E-state index contributed by atoms with van der Waals surface area (Å²) in [5.74, 6) is -0.472. The molecule has 1 aliphatic rings. The van der Waals surface area contributed by atoms with Crippen LogP contribution in [0.4, 0.5) is 0 Å². The van der Waals surface area contributed by atoms with Crippen molar-refractivity contribution in [2.75, 3.05) is 6.54 Å². The summed E-state index contributed by atoms with van der Waals surface area (Å²) in [6.45, 7) is 0.667. The lowest BCUT2D eigenvalue weighted by Gasteiger charge is -2.21. The standard InChI is InChI=1S/C16H21NO3/c18-15(13-7-4-8-14(11-13)16(19)20)17-10-9-12-5-2-1-3-6-12/h4,7-8,11-12H,1-3,5-6,9-10H2,(H,17,18)(H,19,20). The van der Waals surface area contributed by atoms with Crippen molar-refractivity contribution in [1.29, 1.82) is 0 Å². The Bertz CT molecular complexity index is 478. The van der Waals surface area contributed by atoms with Crippen molar-refractivity contribution in [3.63, 3.8) is 0 Å². The van der Waals surface area contributed by atoms with Gasteiger partial charge in [-0.3, -0.25) is 4.79 Å². The fourth-order valence-corrected chi connectivity index (χ4v) is 2.76. The van der Waals surface area contributed by atoms with Crippen molar-refractivity contribution < 1.29 is 14.7 Å². The molecule has 0 heterocycles. The largest absolute Gasteiger partial charge is 0.478 e. The average Bonchev–Trinajstić information content (AvgIpc) is 2.48. The summed E-state index contributed by atoms with van der Waals surface area (Å²) in [5, 5.41) is 11.8. The zero-order valence-electron chi connectivity index (χ0n) is 11.6. The molecule has 4 heteroatoms. The van der Waals surface area contributed by atoms with E-state index in [-0.39, 0.29) is 11.5 Å². The molecule has 0 unspecified atom stereocenters. The molecule has 2 rings (SSSR count). The molecule has 1 aliphatic carbocycles.